The van der Waals surface area contributed by atoms with E-state index in [0.29, 0.717) is 17.2 Å². The van der Waals surface area contributed by atoms with Crippen molar-refractivity contribution in [2.45, 2.75) is 6.92 Å². The number of aromatic nitrogens is 2. The molecular weight excluding hydrogens is 260 g/mol. The van der Waals surface area contributed by atoms with Gasteiger partial charge in [0.05, 0.1) is 24.1 Å². The van der Waals surface area contributed by atoms with Crippen molar-refractivity contribution in [1.82, 2.24) is 9.78 Å². The molecule has 0 unspecified atom stereocenters. The monoisotopic (exact) mass is 276 g/mol. The van der Waals surface area contributed by atoms with Crippen LogP contribution < -0.4 is 15.8 Å². The van der Waals surface area contributed by atoms with Crippen LogP contribution in [0, 0.1) is 6.92 Å². The summed E-state index contributed by atoms with van der Waals surface area (Å²) in [5, 5.41) is 16.7. The molecule has 0 aliphatic heterocycles. The number of amides is 1. The summed E-state index contributed by atoms with van der Waals surface area (Å²) in [5.41, 5.74) is 6.95. The van der Waals surface area contributed by atoms with Crippen LogP contribution in [0.1, 0.15) is 16.1 Å². The molecule has 7 nitrogen and oxygen atoms in total. The Balaban J connectivity index is 2.33. The van der Waals surface area contributed by atoms with Crippen molar-refractivity contribution in [3.05, 3.63) is 29.5 Å². The first-order valence-electron chi connectivity index (χ1n) is 5.92. The number of phenols is 1. The third kappa shape index (κ3) is 2.25. The Morgan fingerprint density at radius 1 is 1.50 bits per heavy atom. The van der Waals surface area contributed by atoms with Crippen LogP contribution in [0.5, 0.6) is 11.5 Å². The lowest BCUT2D eigenvalue weighted by molar-refractivity contribution is 0.102. The van der Waals surface area contributed by atoms with E-state index in [0.717, 1.165) is 0 Å². The number of carbonyl (C=O) groups excluding carboxylic acids is 1. The lowest BCUT2D eigenvalue weighted by atomic mass is 10.1. The molecule has 0 atom stereocenters. The molecule has 1 aromatic heterocycles. The summed E-state index contributed by atoms with van der Waals surface area (Å²) in [6, 6.07) is 4.67. The SMILES string of the molecule is COc1cccc(C(=O)Nc2c(N)c(C)nn2C)c1O. The van der Waals surface area contributed by atoms with Gasteiger partial charge in [0.25, 0.3) is 5.91 Å². The van der Waals surface area contributed by atoms with Gasteiger partial charge in [-0.25, -0.2) is 0 Å². The second-order valence-electron chi connectivity index (χ2n) is 4.28. The van der Waals surface area contributed by atoms with Gasteiger partial charge in [-0.1, -0.05) is 6.07 Å². The molecule has 20 heavy (non-hydrogen) atoms. The maximum atomic E-state index is 12.2. The number of benzene rings is 1. The lowest BCUT2D eigenvalue weighted by Crippen LogP contribution is -2.16. The molecule has 7 heteroatoms. The minimum absolute atomic E-state index is 0.0996. The molecule has 0 aliphatic rings. The largest absolute Gasteiger partial charge is 0.504 e. The number of nitrogens with zero attached hydrogens (tertiary/aromatic N) is 2. The molecule has 0 bridgehead atoms. The number of carbonyl (C=O) groups is 1. The summed E-state index contributed by atoms with van der Waals surface area (Å²) in [6.45, 7) is 1.74. The van der Waals surface area contributed by atoms with Crippen LogP contribution in [-0.4, -0.2) is 27.9 Å². The lowest BCUT2D eigenvalue weighted by Gasteiger charge is -2.10. The number of hydrogen-bond acceptors (Lipinski definition) is 5. The summed E-state index contributed by atoms with van der Waals surface area (Å²) in [4.78, 5) is 12.2. The molecule has 106 valence electrons. The van der Waals surface area contributed by atoms with Crippen molar-refractivity contribution in [1.29, 1.82) is 0 Å². The van der Waals surface area contributed by atoms with E-state index < -0.39 is 5.91 Å². The molecule has 1 heterocycles. The molecule has 0 spiro atoms. The van der Waals surface area contributed by atoms with Crippen LogP contribution in [0.25, 0.3) is 0 Å². The second-order valence-corrected chi connectivity index (χ2v) is 4.28. The summed E-state index contributed by atoms with van der Waals surface area (Å²) in [7, 11) is 3.09. The molecule has 2 aromatic rings. The maximum absolute atomic E-state index is 12.2. The van der Waals surface area contributed by atoms with Crippen molar-refractivity contribution in [2.24, 2.45) is 7.05 Å². The quantitative estimate of drug-likeness (QED) is 0.783. The molecule has 2 rings (SSSR count). The van der Waals surface area contributed by atoms with Crippen molar-refractivity contribution >= 4 is 17.4 Å². The number of nitrogens with one attached hydrogen (secondary N) is 1. The number of ether oxygens (including phenoxy) is 1. The zero-order chi connectivity index (χ0) is 14.9. The van der Waals surface area contributed by atoms with Crippen LogP contribution in [0.3, 0.4) is 0 Å². The number of nitrogens with two attached hydrogens (primary N) is 1. The van der Waals surface area contributed by atoms with E-state index in [1.807, 2.05) is 0 Å². The summed E-state index contributed by atoms with van der Waals surface area (Å²) < 4.78 is 6.44. The minimum atomic E-state index is -0.490. The van der Waals surface area contributed by atoms with Gasteiger partial charge in [-0.05, 0) is 19.1 Å². The Kier molecular flexibility index (Phi) is 3.51. The van der Waals surface area contributed by atoms with Crippen LogP contribution in [0.15, 0.2) is 18.2 Å². The predicted octanol–water partition coefficient (Wildman–Crippen LogP) is 1.28. The summed E-state index contributed by atoms with van der Waals surface area (Å²) in [5.74, 6) is -0.0948. The average Bonchev–Trinajstić information content (AvgIpc) is 2.65. The first-order chi connectivity index (χ1) is 9.45. The number of rotatable bonds is 3. The molecule has 0 saturated heterocycles. The van der Waals surface area contributed by atoms with Crippen LogP contribution in [0.2, 0.25) is 0 Å². The average molecular weight is 276 g/mol. The molecule has 0 radical (unpaired) electrons. The third-order valence-electron chi connectivity index (χ3n) is 2.96. The highest BCUT2D eigenvalue weighted by Crippen LogP contribution is 2.30. The molecule has 1 amide bonds. The van der Waals surface area contributed by atoms with Crippen molar-refractivity contribution in [3.8, 4) is 11.5 Å². The van der Waals surface area contributed by atoms with E-state index in [1.54, 1.807) is 26.1 Å². The van der Waals surface area contributed by atoms with Gasteiger partial charge >= 0.3 is 0 Å². The van der Waals surface area contributed by atoms with Gasteiger partial charge in [-0.3, -0.25) is 9.48 Å². The third-order valence-corrected chi connectivity index (χ3v) is 2.96. The van der Waals surface area contributed by atoms with E-state index >= 15 is 0 Å². The Bertz CT molecular complexity index is 664. The van der Waals surface area contributed by atoms with Gasteiger partial charge in [0, 0.05) is 7.05 Å². The summed E-state index contributed by atoms with van der Waals surface area (Å²) in [6.07, 6.45) is 0. The molecular formula is C13H16N4O3. The molecule has 0 fully saturated rings. The van der Waals surface area contributed by atoms with Gasteiger partial charge in [0.15, 0.2) is 17.3 Å². The smallest absolute Gasteiger partial charge is 0.260 e. The van der Waals surface area contributed by atoms with E-state index in [2.05, 4.69) is 10.4 Å². The number of nitrogen functional groups attached to an aromatic ring is 1. The number of anilines is 2. The van der Waals surface area contributed by atoms with Crippen LogP contribution >= 0.6 is 0 Å². The second kappa shape index (κ2) is 5.12. The molecule has 4 N–H and O–H groups in total. The predicted molar refractivity (Wildman–Crippen MR) is 75.0 cm³/mol. The number of aromatic hydroxyl groups is 1. The molecule has 0 saturated carbocycles. The number of methoxy groups -OCH3 is 1. The van der Waals surface area contributed by atoms with Crippen molar-refractivity contribution in [2.75, 3.05) is 18.2 Å². The van der Waals surface area contributed by atoms with Gasteiger partial charge in [0.2, 0.25) is 0 Å². The molecule has 0 aliphatic carbocycles. The van der Waals surface area contributed by atoms with Gasteiger partial charge in [-0.15, -0.1) is 0 Å². The molecule has 1 aromatic carbocycles. The fourth-order valence-corrected chi connectivity index (χ4v) is 1.87. The van der Waals surface area contributed by atoms with Gasteiger partial charge in [-0.2, -0.15) is 5.10 Å². The Morgan fingerprint density at radius 2 is 2.20 bits per heavy atom. The highest BCUT2D eigenvalue weighted by atomic mass is 16.5. The first-order valence-corrected chi connectivity index (χ1v) is 5.92. The summed E-state index contributed by atoms with van der Waals surface area (Å²) >= 11 is 0. The van der Waals surface area contributed by atoms with E-state index in [-0.39, 0.29) is 17.1 Å². The van der Waals surface area contributed by atoms with Crippen molar-refractivity contribution < 1.29 is 14.6 Å². The van der Waals surface area contributed by atoms with Crippen LogP contribution in [-0.2, 0) is 7.05 Å². The maximum Gasteiger partial charge on any atom is 0.260 e. The fourth-order valence-electron chi connectivity index (χ4n) is 1.87. The number of para-hydroxylation sites is 1. The fraction of sp³-hybridized carbons (Fsp3) is 0.231. The highest BCUT2D eigenvalue weighted by Gasteiger charge is 2.18. The van der Waals surface area contributed by atoms with E-state index in [4.69, 9.17) is 10.5 Å². The topological polar surface area (TPSA) is 102 Å². The van der Waals surface area contributed by atoms with Gasteiger partial charge < -0.3 is 20.9 Å². The number of aryl methyl sites for hydroxylation is 2. The first kappa shape index (κ1) is 13.7. The Hall–Kier alpha value is -2.70. The van der Waals surface area contributed by atoms with Crippen LogP contribution in [0.4, 0.5) is 11.5 Å². The zero-order valence-corrected chi connectivity index (χ0v) is 11.5. The van der Waals surface area contributed by atoms with E-state index in [1.165, 1.54) is 17.9 Å². The standard InChI is InChI=1S/C13H16N4O3/c1-7-10(14)12(17(2)16-7)15-13(19)8-5-4-6-9(20-3)11(8)18/h4-6,18H,14H2,1-3H3,(H,15,19). The van der Waals surface area contributed by atoms with Gasteiger partial charge in [0.1, 0.15) is 0 Å². The highest BCUT2D eigenvalue weighted by molar-refractivity contribution is 6.07. The van der Waals surface area contributed by atoms with E-state index in [9.17, 15) is 9.90 Å². The minimum Gasteiger partial charge on any atom is -0.504 e. The number of phenolic OH excluding ortho intramolecular Hbond substituents is 1. The Morgan fingerprint density at radius 3 is 2.75 bits per heavy atom. The number of hydrogen-bond donors (Lipinski definition) is 3. The zero-order valence-electron chi connectivity index (χ0n) is 11.5. The Labute approximate surface area is 116 Å². The normalized spacial score (nSPS) is 10.3. The van der Waals surface area contributed by atoms with Crippen molar-refractivity contribution in [3.63, 3.8) is 0 Å².